The SMILES string of the molecule is O=C(NCc1ccc2nsnc2c1)c1nccnc1C(=O)N1CCCCC1. The highest BCUT2D eigenvalue weighted by atomic mass is 32.1. The van der Waals surface area contributed by atoms with Crippen molar-refractivity contribution in [2.75, 3.05) is 13.1 Å². The first-order valence-electron chi connectivity index (χ1n) is 8.82. The summed E-state index contributed by atoms with van der Waals surface area (Å²) in [6, 6.07) is 5.64. The Hall–Kier alpha value is -2.94. The zero-order chi connectivity index (χ0) is 18.6. The summed E-state index contributed by atoms with van der Waals surface area (Å²) in [6.45, 7) is 1.69. The molecule has 0 aliphatic carbocycles. The standard InChI is InChI=1S/C18H18N6O2S/c25-17(21-11-12-4-5-13-14(10-12)23-27-22-13)15-16(20-7-6-19-15)18(26)24-8-2-1-3-9-24/h4-7,10H,1-3,8-9,11H2,(H,21,25). The van der Waals surface area contributed by atoms with Crippen molar-refractivity contribution < 1.29 is 9.59 Å². The van der Waals surface area contributed by atoms with Crippen LogP contribution in [-0.4, -0.2) is 48.5 Å². The summed E-state index contributed by atoms with van der Waals surface area (Å²) in [7, 11) is 0. The third kappa shape index (κ3) is 3.77. The van der Waals surface area contributed by atoms with Gasteiger partial charge in [-0.25, -0.2) is 9.97 Å². The van der Waals surface area contributed by atoms with E-state index in [2.05, 4.69) is 24.0 Å². The van der Waals surface area contributed by atoms with Crippen molar-refractivity contribution in [1.29, 1.82) is 0 Å². The summed E-state index contributed by atoms with van der Waals surface area (Å²) in [4.78, 5) is 35.4. The van der Waals surface area contributed by atoms with Gasteiger partial charge in [0.15, 0.2) is 11.4 Å². The molecule has 3 heterocycles. The average molecular weight is 382 g/mol. The smallest absolute Gasteiger partial charge is 0.274 e. The molecule has 0 bridgehead atoms. The fraction of sp³-hybridized carbons (Fsp3) is 0.333. The van der Waals surface area contributed by atoms with Gasteiger partial charge in [-0.1, -0.05) is 6.07 Å². The van der Waals surface area contributed by atoms with Crippen LogP contribution in [0.15, 0.2) is 30.6 Å². The molecule has 1 aliphatic heterocycles. The molecule has 4 rings (SSSR count). The molecule has 1 aromatic carbocycles. The van der Waals surface area contributed by atoms with Crippen molar-refractivity contribution in [2.45, 2.75) is 25.8 Å². The zero-order valence-corrected chi connectivity index (χ0v) is 15.4. The Bertz CT molecular complexity index is 983. The molecule has 1 fully saturated rings. The molecule has 138 valence electrons. The minimum absolute atomic E-state index is 0.0597. The summed E-state index contributed by atoms with van der Waals surface area (Å²) in [5.74, 6) is -0.650. The summed E-state index contributed by atoms with van der Waals surface area (Å²) in [5, 5.41) is 2.81. The van der Waals surface area contributed by atoms with Crippen molar-refractivity contribution >= 4 is 34.6 Å². The van der Waals surface area contributed by atoms with Crippen LogP contribution in [0, 0.1) is 0 Å². The van der Waals surface area contributed by atoms with Crippen molar-refractivity contribution in [3.8, 4) is 0 Å². The van der Waals surface area contributed by atoms with E-state index in [9.17, 15) is 9.59 Å². The first-order valence-corrected chi connectivity index (χ1v) is 9.55. The summed E-state index contributed by atoms with van der Waals surface area (Å²) in [5.41, 5.74) is 2.70. The largest absolute Gasteiger partial charge is 0.347 e. The third-order valence-corrected chi connectivity index (χ3v) is 5.09. The average Bonchev–Trinajstić information content (AvgIpc) is 3.20. The number of hydrogen-bond donors (Lipinski definition) is 1. The van der Waals surface area contributed by atoms with Crippen molar-refractivity contribution in [3.63, 3.8) is 0 Å². The maximum absolute atomic E-state index is 12.7. The predicted octanol–water partition coefficient (Wildman–Crippen LogP) is 2.04. The second kappa shape index (κ2) is 7.75. The molecule has 8 nitrogen and oxygen atoms in total. The number of nitrogens with zero attached hydrogens (tertiary/aromatic N) is 5. The molecule has 0 spiro atoms. The molecule has 9 heteroatoms. The Morgan fingerprint density at radius 2 is 1.74 bits per heavy atom. The summed E-state index contributed by atoms with van der Waals surface area (Å²) >= 11 is 1.15. The Balaban J connectivity index is 1.49. The Labute approximate surface area is 160 Å². The van der Waals surface area contributed by atoms with Gasteiger partial charge < -0.3 is 10.2 Å². The molecule has 1 aliphatic rings. The molecule has 2 aromatic heterocycles. The number of amides is 2. The van der Waals surface area contributed by atoms with E-state index >= 15 is 0 Å². The lowest BCUT2D eigenvalue weighted by Gasteiger charge is -2.26. The number of carbonyl (C=O) groups excluding carboxylic acids is 2. The zero-order valence-electron chi connectivity index (χ0n) is 14.6. The quantitative estimate of drug-likeness (QED) is 0.741. The van der Waals surface area contributed by atoms with Gasteiger partial charge in [-0.3, -0.25) is 9.59 Å². The van der Waals surface area contributed by atoms with Crippen LogP contribution in [0.4, 0.5) is 0 Å². The molecule has 27 heavy (non-hydrogen) atoms. The number of rotatable bonds is 4. The van der Waals surface area contributed by atoms with Gasteiger partial charge in [0.1, 0.15) is 11.0 Å². The lowest BCUT2D eigenvalue weighted by atomic mass is 10.1. The maximum Gasteiger partial charge on any atom is 0.274 e. The topological polar surface area (TPSA) is 101 Å². The number of benzene rings is 1. The highest BCUT2D eigenvalue weighted by molar-refractivity contribution is 7.00. The Kier molecular flexibility index (Phi) is 5.01. The molecule has 3 aromatic rings. The molecule has 0 unspecified atom stereocenters. The number of hydrogen-bond acceptors (Lipinski definition) is 7. The molecule has 2 amide bonds. The van der Waals surface area contributed by atoms with Crippen LogP contribution >= 0.6 is 11.7 Å². The lowest BCUT2D eigenvalue weighted by Crippen LogP contribution is -2.38. The normalized spacial score (nSPS) is 14.3. The highest BCUT2D eigenvalue weighted by Crippen LogP contribution is 2.15. The van der Waals surface area contributed by atoms with E-state index in [4.69, 9.17) is 0 Å². The van der Waals surface area contributed by atoms with Crippen LogP contribution in [0.5, 0.6) is 0 Å². The van der Waals surface area contributed by atoms with Crippen LogP contribution in [0.1, 0.15) is 45.8 Å². The molecular weight excluding hydrogens is 364 g/mol. The van der Waals surface area contributed by atoms with Crippen molar-refractivity contribution in [1.82, 2.24) is 28.9 Å². The lowest BCUT2D eigenvalue weighted by molar-refractivity contribution is 0.0711. The maximum atomic E-state index is 12.7. The van der Waals surface area contributed by atoms with Gasteiger partial charge in [-0.15, -0.1) is 0 Å². The molecule has 1 saturated heterocycles. The van der Waals surface area contributed by atoms with Crippen LogP contribution < -0.4 is 5.32 Å². The molecule has 0 saturated carbocycles. The monoisotopic (exact) mass is 382 g/mol. The van der Waals surface area contributed by atoms with E-state index < -0.39 is 5.91 Å². The minimum atomic E-state index is -0.417. The Morgan fingerprint density at radius 3 is 2.56 bits per heavy atom. The van der Waals surface area contributed by atoms with Crippen LogP contribution in [0.25, 0.3) is 11.0 Å². The van der Waals surface area contributed by atoms with Gasteiger partial charge in [-0.2, -0.15) is 8.75 Å². The second-order valence-corrected chi connectivity index (χ2v) is 6.90. The van der Waals surface area contributed by atoms with E-state index in [1.165, 1.54) is 12.4 Å². The minimum Gasteiger partial charge on any atom is -0.347 e. The molecule has 0 radical (unpaired) electrons. The second-order valence-electron chi connectivity index (χ2n) is 6.38. The van der Waals surface area contributed by atoms with Gasteiger partial charge in [0, 0.05) is 32.0 Å². The summed E-state index contributed by atoms with van der Waals surface area (Å²) in [6.07, 6.45) is 5.94. The van der Waals surface area contributed by atoms with E-state index in [0.717, 1.165) is 47.6 Å². The Morgan fingerprint density at radius 1 is 1.00 bits per heavy atom. The van der Waals surface area contributed by atoms with Crippen LogP contribution in [0.3, 0.4) is 0 Å². The first-order chi connectivity index (χ1) is 13.2. The number of piperidine rings is 1. The molecule has 1 N–H and O–H groups in total. The third-order valence-electron chi connectivity index (χ3n) is 4.53. The number of carbonyl (C=O) groups is 2. The predicted molar refractivity (Wildman–Crippen MR) is 100 cm³/mol. The van der Waals surface area contributed by atoms with Gasteiger partial charge >= 0.3 is 0 Å². The van der Waals surface area contributed by atoms with Crippen LogP contribution in [0.2, 0.25) is 0 Å². The fourth-order valence-electron chi connectivity index (χ4n) is 3.11. The van der Waals surface area contributed by atoms with Gasteiger partial charge in [0.25, 0.3) is 11.8 Å². The van der Waals surface area contributed by atoms with Gasteiger partial charge in [-0.05, 0) is 37.0 Å². The molecule has 0 atom stereocenters. The number of fused-ring (bicyclic) bond motifs is 1. The van der Waals surface area contributed by atoms with Gasteiger partial charge in [0.2, 0.25) is 0 Å². The van der Waals surface area contributed by atoms with Crippen molar-refractivity contribution in [2.24, 2.45) is 0 Å². The van der Waals surface area contributed by atoms with E-state index in [1.807, 2.05) is 18.2 Å². The van der Waals surface area contributed by atoms with Gasteiger partial charge in [0.05, 0.1) is 11.7 Å². The number of likely N-dealkylation sites (tertiary alicyclic amines) is 1. The van der Waals surface area contributed by atoms with E-state index in [-0.39, 0.29) is 17.3 Å². The first kappa shape index (κ1) is 17.5. The molecular formula is C18H18N6O2S. The fourth-order valence-corrected chi connectivity index (χ4v) is 3.63. The summed E-state index contributed by atoms with van der Waals surface area (Å²) < 4.78 is 8.36. The van der Waals surface area contributed by atoms with Crippen molar-refractivity contribution in [3.05, 3.63) is 47.5 Å². The van der Waals surface area contributed by atoms with Crippen LogP contribution in [-0.2, 0) is 6.54 Å². The number of aromatic nitrogens is 4. The highest BCUT2D eigenvalue weighted by Gasteiger charge is 2.25. The van der Waals surface area contributed by atoms with E-state index in [1.54, 1.807) is 4.90 Å². The number of nitrogens with one attached hydrogen (secondary N) is 1. The van der Waals surface area contributed by atoms with E-state index in [0.29, 0.717) is 19.6 Å².